The van der Waals surface area contributed by atoms with Crippen molar-refractivity contribution in [2.75, 3.05) is 0 Å². The molecular weight excluding hydrogens is 426 g/mol. The van der Waals surface area contributed by atoms with Crippen molar-refractivity contribution in [3.63, 3.8) is 0 Å². The molecular formula is C27H25N5O2. The number of benzene rings is 3. The van der Waals surface area contributed by atoms with Crippen LogP contribution >= 0.6 is 0 Å². The van der Waals surface area contributed by atoms with E-state index in [0.717, 1.165) is 5.69 Å². The topological polar surface area (TPSA) is 74.8 Å². The predicted molar refractivity (Wildman–Crippen MR) is 132 cm³/mol. The van der Waals surface area contributed by atoms with E-state index in [4.69, 9.17) is 4.74 Å². The Balaban J connectivity index is 1.38. The molecule has 0 atom stereocenters. The Hall–Kier alpha value is -4.26. The molecule has 0 aliphatic carbocycles. The van der Waals surface area contributed by atoms with Gasteiger partial charge in [-0.3, -0.25) is 9.36 Å². The maximum Gasteiger partial charge on any atom is 0.265 e. The van der Waals surface area contributed by atoms with Crippen LogP contribution in [-0.2, 0) is 6.61 Å². The van der Waals surface area contributed by atoms with Crippen molar-refractivity contribution in [1.82, 2.24) is 24.5 Å². The molecule has 5 aromatic rings. The Morgan fingerprint density at radius 1 is 0.882 bits per heavy atom. The normalized spacial score (nSPS) is 11.2. The number of ether oxygens (including phenoxy) is 1. The highest BCUT2D eigenvalue weighted by molar-refractivity contribution is 5.77. The Morgan fingerprint density at radius 2 is 1.65 bits per heavy atom. The summed E-state index contributed by atoms with van der Waals surface area (Å²) in [4.78, 5) is 17.7. The zero-order valence-corrected chi connectivity index (χ0v) is 19.6. The Morgan fingerprint density at radius 3 is 2.44 bits per heavy atom. The summed E-state index contributed by atoms with van der Waals surface area (Å²) in [5.41, 5.74) is 6.68. The molecule has 0 bridgehead atoms. The third-order valence-corrected chi connectivity index (χ3v) is 6.12. The summed E-state index contributed by atoms with van der Waals surface area (Å²) in [6, 6.07) is 19.0. The van der Waals surface area contributed by atoms with Gasteiger partial charge in [-0.2, -0.15) is 0 Å². The smallest absolute Gasteiger partial charge is 0.265 e. The standard InChI is InChI=1S/C27H25N5O2/c1-17-12-23(13-18(2)19(17)3)31-15-21(29-30-31)16-34-24-9-7-8-22(14-24)32-20(4)28-26-11-6-5-10-25(26)27(32)33/h5-15H,16H2,1-4H3. The number of aromatic nitrogens is 5. The van der Waals surface area contributed by atoms with Crippen LogP contribution in [0.15, 0.2) is 71.7 Å². The van der Waals surface area contributed by atoms with Crippen LogP contribution < -0.4 is 10.3 Å². The molecule has 0 unspecified atom stereocenters. The first-order valence-corrected chi connectivity index (χ1v) is 11.1. The number of rotatable bonds is 5. The lowest BCUT2D eigenvalue weighted by Gasteiger charge is -2.12. The second-order valence-electron chi connectivity index (χ2n) is 8.46. The van der Waals surface area contributed by atoms with Gasteiger partial charge in [0.1, 0.15) is 23.9 Å². The fraction of sp³-hybridized carbons (Fsp3) is 0.185. The predicted octanol–water partition coefficient (Wildman–Crippen LogP) is 4.78. The minimum Gasteiger partial charge on any atom is -0.487 e. The van der Waals surface area contributed by atoms with Gasteiger partial charge in [0.25, 0.3) is 5.56 Å². The lowest BCUT2D eigenvalue weighted by molar-refractivity contribution is 0.301. The molecule has 5 rings (SSSR count). The molecule has 0 amide bonds. The average molecular weight is 452 g/mol. The molecule has 2 heterocycles. The molecule has 0 N–H and O–H groups in total. The summed E-state index contributed by atoms with van der Waals surface area (Å²) < 4.78 is 9.35. The molecule has 0 aliphatic rings. The van der Waals surface area contributed by atoms with Gasteiger partial charge in [-0.05, 0) is 80.8 Å². The fourth-order valence-electron chi connectivity index (χ4n) is 4.05. The lowest BCUT2D eigenvalue weighted by atomic mass is 10.0. The van der Waals surface area contributed by atoms with Crippen LogP contribution in [0, 0.1) is 27.7 Å². The number of nitrogens with zero attached hydrogens (tertiary/aromatic N) is 5. The van der Waals surface area contributed by atoms with Gasteiger partial charge < -0.3 is 4.74 Å². The SMILES string of the molecule is Cc1cc(-n2cc(COc3cccc(-n4c(C)nc5ccccc5c4=O)c3)nn2)cc(C)c1C. The van der Waals surface area contributed by atoms with Crippen molar-refractivity contribution in [1.29, 1.82) is 0 Å². The van der Waals surface area contributed by atoms with Gasteiger partial charge in [0.05, 0.1) is 28.5 Å². The highest BCUT2D eigenvalue weighted by atomic mass is 16.5. The van der Waals surface area contributed by atoms with Crippen LogP contribution in [0.1, 0.15) is 28.2 Å². The molecule has 7 nitrogen and oxygen atoms in total. The number of hydrogen-bond acceptors (Lipinski definition) is 5. The third-order valence-electron chi connectivity index (χ3n) is 6.12. The van der Waals surface area contributed by atoms with Crippen molar-refractivity contribution in [3.8, 4) is 17.1 Å². The van der Waals surface area contributed by atoms with E-state index in [-0.39, 0.29) is 12.2 Å². The van der Waals surface area contributed by atoms with E-state index < -0.39 is 0 Å². The lowest BCUT2D eigenvalue weighted by Crippen LogP contribution is -2.22. The van der Waals surface area contributed by atoms with Crippen LogP contribution in [0.5, 0.6) is 5.75 Å². The Labute approximate surface area is 197 Å². The molecule has 0 saturated carbocycles. The Kier molecular flexibility index (Phi) is 5.45. The number of hydrogen-bond donors (Lipinski definition) is 0. The molecule has 34 heavy (non-hydrogen) atoms. The minimum atomic E-state index is -0.105. The molecule has 0 aliphatic heterocycles. The van der Waals surface area contributed by atoms with Crippen LogP contribution in [0.2, 0.25) is 0 Å². The fourth-order valence-corrected chi connectivity index (χ4v) is 4.05. The van der Waals surface area contributed by atoms with Crippen molar-refractivity contribution in [2.45, 2.75) is 34.3 Å². The third kappa shape index (κ3) is 3.96. The molecule has 0 spiro atoms. The van der Waals surface area contributed by atoms with E-state index in [9.17, 15) is 4.79 Å². The maximum absolute atomic E-state index is 13.1. The molecule has 7 heteroatoms. The van der Waals surface area contributed by atoms with Gasteiger partial charge in [-0.1, -0.05) is 23.4 Å². The van der Waals surface area contributed by atoms with Gasteiger partial charge in [-0.15, -0.1) is 5.10 Å². The molecule has 3 aromatic carbocycles. The van der Waals surface area contributed by atoms with E-state index in [0.29, 0.717) is 33.9 Å². The van der Waals surface area contributed by atoms with Gasteiger partial charge in [-0.25, -0.2) is 9.67 Å². The molecule has 0 radical (unpaired) electrons. The van der Waals surface area contributed by atoms with Crippen molar-refractivity contribution in [2.24, 2.45) is 0 Å². The second kappa shape index (κ2) is 8.59. The van der Waals surface area contributed by atoms with Crippen LogP contribution in [0.4, 0.5) is 0 Å². The van der Waals surface area contributed by atoms with E-state index in [1.807, 2.05) is 55.6 Å². The van der Waals surface area contributed by atoms with Gasteiger partial charge >= 0.3 is 0 Å². The van der Waals surface area contributed by atoms with Gasteiger partial charge in [0.2, 0.25) is 0 Å². The highest BCUT2D eigenvalue weighted by Crippen LogP contribution is 2.20. The second-order valence-corrected chi connectivity index (χ2v) is 8.46. The number of aryl methyl sites for hydroxylation is 3. The average Bonchev–Trinajstić information content (AvgIpc) is 3.30. The van der Waals surface area contributed by atoms with E-state index in [1.54, 1.807) is 15.3 Å². The summed E-state index contributed by atoms with van der Waals surface area (Å²) in [7, 11) is 0. The summed E-state index contributed by atoms with van der Waals surface area (Å²) in [5, 5.41) is 9.10. The van der Waals surface area contributed by atoms with E-state index in [2.05, 4.69) is 48.2 Å². The molecule has 170 valence electrons. The first-order chi connectivity index (χ1) is 16.4. The van der Waals surface area contributed by atoms with Crippen molar-refractivity contribution < 1.29 is 4.74 Å². The van der Waals surface area contributed by atoms with E-state index in [1.165, 1.54) is 16.7 Å². The first-order valence-electron chi connectivity index (χ1n) is 11.1. The Bertz CT molecular complexity index is 1560. The largest absolute Gasteiger partial charge is 0.487 e. The zero-order valence-electron chi connectivity index (χ0n) is 19.6. The van der Waals surface area contributed by atoms with Crippen LogP contribution in [0.3, 0.4) is 0 Å². The first kappa shape index (κ1) is 21.6. The van der Waals surface area contributed by atoms with Crippen LogP contribution in [-0.4, -0.2) is 24.5 Å². The summed E-state index contributed by atoms with van der Waals surface area (Å²) in [6.07, 6.45) is 1.87. The molecule has 0 saturated heterocycles. The van der Waals surface area contributed by atoms with Crippen molar-refractivity contribution in [3.05, 3.63) is 105 Å². The van der Waals surface area contributed by atoms with Crippen LogP contribution in [0.25, 0.3) is 22.3 Å². The molecule has 2 aromatic heterocycles. The quantitative estimate of drug-likeness (QED) is 0.384. The van der Waals surface area contributed by atoms with E-state index >= 15 is 0 Å². The number of para-hydroxylation sites is 1. The monoisotopic (exact) mass is 451 g/mol. The summed E-state index contributed by atoms with van der Waals surface area (Å²) in [6.45, 7) is 8.40. The van der Waals surface area contributed by atoms with Gasteiger partial charge in [0.15, 0.2) is 0 Å². The summed E-state index contributed by atoms with van der Waals surface area (Å²) in [5.74, 6) is 1.25. The zero-order chi connectivity index (χ0) is 23.8. The van der Waals surface area contributed by atoms with Gasteiger partial charge in [0, 0.05) is 6.07 Å². The number of fused-ring (bicyclic) bond motifs is 1. The minimum absolute atomic E-state index is 0.105. The van der Waals surface area contributed by atoms with Crippen molar-refractivity contribution >= 4 is 10.9 Å². The maximum atomic E-state index is 13.1. The summed E-state index contributed by atoms with van der Waals surface area (Å²) >= 11 is 0. The highest BCUT2D eigenvalue weighted by Gasteiger charge is 2.11. The molecule has 0 fully saturated rings.